The molecule has 0 spiro atoms. The first-order valence-corrected chi connectivity index (χ1v) is 6.85. The monoisotopic (exact) mass is 247 g/mol. The molecular weight excluding hydrogens is 226 g/mol. The summed E-state index contributed by atoms with van der Waals surface area (Å²) >= 11 is 0. The van der Waals surface area contributed by atoms with Crippen molar-refractivity contribution in [2.75, 3.05) is 13.8 Å². The number of ether oxygens (including phenoxy) is 2. The molecule has 1 saturated carbocycles. The predicted octanol–water partition coefficient (Wildman–Crippen LogP) is 2.97. The topological polar surface area (TPSA) is 30.5 Å². The zero-order valence-corrected chi connectivity index (χ0v) is 11.2. The quantitative estimate of drug-likeness (QED) is 0.871. The minimum atomic E-state index is 0.366. The van der Waals surface area contributed by atoms with E-state index >= 15 is 0 Å². The number of aryl methyl sites for hydroxylation is 1. The second-order valence-corrected chi connectivity index (χ2v) is 5.40. The highest BCUT2D eigenvalue weighted by Crippen LogP contribution is 2.41. The van der Waals surface area contributed by atoms with E-state index in [2.05, 4.69) is 31.4 Å². The van der Waals surface area contributed by atoms with E-state index in [1.807, 2.05) is 0 Å². The molecule has 0 aromatic heterocycles. The van der Waals surface area contributed by atoms with Gasteiger partial charge in [-0.1, -0.05) is 0 Å². The van der Waals surface area contributed by atoms with Gasteiger partial charge in [0.15, 0.2) is 11.5 Å². The number of hydrogen-bond donors (Lipinski definition) is 1. The average molecular weight is 247 g/mol. The maximum absolute atomic E-state index is 5.49. The van der Waals surface area contributed by atoms with E-state index in [0.29, 0.717) is 18.8 Å². The van der Waals surface area contributed by atoms with Gasteiger partial charge in [0.25, 0.3) is 0 Å². The molecule has 0 saturated heterocycles. The summed E-state index contributed by atoms with van der Waals surface area (Å²) < 4.78 is 10.9. The summed E-state index contributed by atoms with van der Waals surface area (Å²) in [4.78, 5) is 0. The number of fused-ring (bicyclic) bond motifs is 1. The molecule has 0 atom stereocenters. The van der Waals surface area contributed by atoms with Crippen molar-refractivity contribution in [1.82, 2.24) is 5.32 Å². The molecule has 1 heterocycles. The number of benzene rings is 1. The van der Waals surface area contributed by atoms with E-state index in [1.165, 1.54) is 36.8 Å². The largest absolute Gasteiger partial charge is 0.454 e. The van der Waals surface area contributed by atoms with Crippen LogP contribution in [0, 0.1) is 6.92 Å². The summed E-state index contributed by atoms with van der Waals surface area (Å²) in [7, 11) is 2.07. The van der Waals surface area contributed by atoms with Crippen LogP contribution in [0.1, 0.15) is 42.7 Å². The molecule has 1 fully saturated rings. The van der Waals surface area contributed by atoms with E-state index in [-0.39, 0.29) is 0 Å². The van der Waals surface area contributed by atoms with Gasteiger partial charge in [-0.2, -0.15) is 0 Å². The summed E-state index contributed by atoms with van der Waals surface area (Å²) in [6.07, 6.45) is 5.09. The van der Waals surface area contributed by atoms with Crippen LogP contribution >= 0.6 is 0 Å². The average Bonchev–Trinajstić information content (AvgIpc) is 2.85. The van der Waals surface area contributed by atoms with Gasteiger partial charge in [-0.05, 0) is 68.8 Å². The van der Waals surface area contributed by atoms with Crippen LogP contribution < -0.4 is 14.8 Å². The first-order valence-electron chi connectivity index (χ1n) is 6.85. The molecule has 2 aliphatic rings. The smallest absolute Gasteiger partial charge is 0.231 e. The minimum Gasteiger partial charge on any atom is -0.454 e. The van der Waals surface area contributed by atoms with Gasteiger partial charge in [-0.15, -0.1) is 0 Å². The molecule has 1 aromatic carbocycles. The molecule has 0 amide bonds. The molecule has 1 aliphatic carbocycles. The SMILES string of the molecule is CNC1CCC(c2cc3c(cc2C)OCO3)CC1. The fraction of sp³-hybridized carbons (Fsp3) is 0.600. The van der Waals surface area contributed by atoms with Crippen molar-refractivity contribution >= 4 is 0 Å². The zero-order chi connectivity index (χ0) is 12.5. The maximum Gasteiger partial charge on any atom is 0.231 e. The predicted molar refractivity (Wildman–Crippen MR) is 71.4 cm³/mol. The number of hydrogen-bond acceptors (Lipinski definition) is 3. The highest BCUT2D eigenvalue weighted by atomic mass is 16.7. The molecule has 3 nitrogen and oxygen atoms in total. The van der Waals surface area contributed by atoms with Gasteiger partial charge in [0, 0.05) is 6.04 Å². The van der Waals surface area contributed by atoms with Crippen molar-refractivity contribution < 1.29 is 9.47 Å². The van der Waals surface area contributed by atoms with Crippen LogP contribution in [0.4, 0.5) is 0 Å². The lowest BCUT2D eigenvalue weighted by Gasteiger charge is -2.29. The molecule has 0 radical (unpaired) electrons. The summed E-state index contributed by atoms with van der Waals surface area (Å²) in [6, 6.07) is 5.03. The van der Waals surface area contributed by atoms with Crippen LogP contribution in [-0.4, -0.2) is 19.9 Å². The van der Waals surface area contributed by atoms with Crippen molar-refractivity contribution in [2.24, 2.45) is 0 Å². The molecule has 98 valence electrons. The van der Waals surface area contributed by atoms with Crippen LogP contribution in [0.15, 0.2) is 12.1 Å². The van der Waals surface area contributed by atoms with Crippen molar-refractivity contribution in [3.63, 3.8) is 0 Å². The fourth-order valence-electron chi connectivity index (χ4n) is 3.19. The van der Waals surface area contributed by atoms with E-state index in [1.54, 1.807) is 0 Å². The van der Waals surface area contributed by atoms with Gasteiger partial charge in [-0.3, -0.25) is 0 Å². The first-order chi connectivity index (χ1) is 8.78. The third-order valence-electron chi connectivity index (χ3n) is 4.34. The molecular formula is C15H21NO2. The summed E-state index contributed by atoms with van der Waals surface area (Å²) in [5, 5.41) is 3.39. The zero-order valence-electron chi connectivity index (χ0n) is 11.2. The summed E-state index contributed by atoms with van der Waals surface area (Å²) in [5.74, 6) is 2.51. The molecule has 1 N–H and O–H groups in total. The van der Waals surface area contributed by atoms with Crippen molar-refractivity contribution in [3.05, 3.63) is 23.3 Å². The Balaban J connectivity index is 1.80. The maximum atomic E-state index is 5.49. The van der Waals surface area contributed by atoms with E-state index in [4.69, 9.17) is 9.47 Å². The summed E-state index contributed by atoms with van der Waals surface area (Å²) in [6.45, 7) is 2.55. The van der Waals surface area contributed by atoms with Crippen LogP contribution in [0.3, 0.4) is 0 Å². The van der Waals surface area contributed by atoms with Crippen molar-refractivity contribution in [2.45, 2.75) is 44.6 Å². The Morgan fingerprint density at radius 3 is 2.39 bits per heavy atom. The molecule has 3 rings (SSSR count). The highest BCUT2D eigenvalue weighted by molar-refractivity contribution is 5.49. The van der Waals surface area contributed by atoms with Gasteiger partial charge in [0.05, 0.1) is 0 Å². The Morgan fingerprint density at radius 2 is 1.72 bits per heavy atom. The lowest BCUT2D eigenvalue weighted by atomic mass is 9.80. The lowest BCUT2D eigenvalue weighted by molar-refractivity contribution is 0.174. The molecule has 1 aliphatic heterocycles. The number of rotatable bonds is 2. The van der Waals surface area contributed by atoms with Crippen LogP contribution in [0.25, 0.3) is 0 Å². The van der Waals surface area contributed by atoms with Gasteiger partial charge >= 0.3 is 0 Å². The van der Waals surface area contributed by atoms with Gasteiger partial charge in [0.1, 0.15) is 0 Å². The van der Waals surface area contributed by atoms with Crippen LogP contribution in [-0.2, 0) is 0 Å². The third-order valence-corrected chi connectivity index (χ3v) is 4.34. The van der Waals surface area contributed by atoms with E-state index < -0.39 is 0 Å². The Labute approximate surface area is 108 Å². The highest BCUT2D eigenvalue weighted by Gasteiger charge is 2.25. The van der Waals surface area contributed by atoms with Gasteiger partial charge < -0.3 is 14.8 Å². The van der Waals surface area contributed by atoms with Crippen molar-refractivity contribution in [1.29, 1.82) is 0 Å². The first kappa shape index (κ1) is 11.8. The Hall–Kier alpha value is -1.22. The van der Waals surface area contributed by atoms with Crippen LogP contribution in [0.2, 0.25) is 0 Å². The van der Waals surface area contributed by atoms with Crippen LogP contribution in [0.5, 0.6) is 11.5 Å². The second kappa shape index (κ2) is 4.81. The third kappa shape index (κ3) is 2.07. The second-order valence-electron chi connectivity index (χ2n) is 5.40. The Kier molecular flexibility index (Phi) is 3.16. The van der Waals surface area contributed by atoms with Gasteiger partial charge in [0.2, 0.25) is 6.79 Å². The fourth-order valence-corrected chi connectivity index (χ4v) is 3.19. The van der Waals surface area contributed by atoms with Crippen molar-refractivity contribution in [3.8, 4) is 11.5 Å². The molecule has 1 aromatic rings. The molecule has 0 bridgehead atoms. The molecule has 0 unspecified atom stereocenters. The summed E-state index contributed by atoms with van der Waals surface area (Å²) in [5.41, 5.74) is 2.79. The normalized spacial score (nSPS) is 26.3. The van der Waals surface area contributed by atoms with E-state index in [9.17, 15) is 0 Å². The minimum absolute atomic E-state index is 0.366. The Bertz CT molecular complexity index is 436. The number of nitrogens with one attached hydrogen (secondary N) is 1. The molecule has 18 heavy (non-hydrogen) atoms. The lowest BCUT2D eigenvalue weighted by Crippen LogP contribution is -2.29. The Morgan fingerprint density at radius 1 is 1.06 bits per heavy atom. The standard InChI is InChI=1S/C15H21NO2/c1-10-7-14-15(18-9-17-14)8-13(10)11-3-5-12(16-2)6-4-11/h7-8,11-12,16H,3-6,9H2,1-2H3. The van der Waals surface area contributed by atoms with E-state index in [0.717, 1.165) is 11.5 Å². The van der Waals surface area contributed by atoms with Gasteiger partial charge in [-0.25, -0.2) is 0 Å². The molecule has 3 heteroatoms.